The van der Waals surface area contributed by atoms with Gasteiger partial charge in [0, 0.05) is 22.8 Å². The normalized spacial score (nSPS) is 10.9. The molecule has 28 heavy (non-hydrogen) atoms. The minimum absolute atomic E-state index is 0.478. The molecule has 4 rings (SSSR count). The molecule has 4 aromatic rings. The third-order valence-corrected chi connectivity index (χ3v) is 5.18. The summed E-state index contributed by atoms with van der Waals surface area (Å²) in [5.74, 6) is 0.697. The van der Waals surface area contributed by atoms with E-state index < -0.39 is 0 Å². The van der Waals surface area contributed by atoms with Gasteiger partial charge in [-0.25, -0.2) is 0 Å². The quantitative estimate of drug-likeness (QED) is 0.367. The molecule has 140 valence electrons. The van der Waals surface area contributed by atoms with Crippen molar-refractivity contribution >= 4 is 23.4 Å². The smallest absolute Gasteiger partial charge is 0.167 e. The van der Waals surface area contributed by atoms with Crippen molar-refractivity contribution in [2.24, 2.45) is 0 Å². The molecule has 0 fully saturated rings. The van der Waals surface area contributed by atoms with Crippen LogP contribution in [-0.2, 0) is 13.0 Å². The maximum absolute atomic E-state index is 11.8. The number of halogens is 1. The zero-order valence-electron chi connectivity index (χ0n) is 15.6. The number of carbonyl (C=O) groups is 1. The Hall–Kier alpha value is -3.04. The van der Waals surface area contributed by atoms with Gasteiger partial charge in [0.1, 0.15) is 12.4 Å². The van der Waals surface area contributed by atoms with E-state index in [-0.39, 0.29) is 0 Å². The number of aryl methyl sites for hydroxylation is 1. The topological polar surface area (TPSA) is 30.7 Å². The van der Waals surface area contributed by atoms with E-state index in [2.05, 4.69) is 13.0 Å². The summed E-state index contributed by atoms with van der Waals surface area (Å²) in [6.07, 6.45) is 3.81. The standard InChI is InChI=1S/C24H20ClNO2/c1-2-17-8-9-19-12-22(24(15-27)26(19)14-17)21-11-10-20(13-23(21)25)28-16-18-6-4-3-5-7-18/h3-15H,2,16H2,1H3. The molecule has 0 radical (unpaired) electrons. The van der Waals surface area contributed by atoms with Gasteiger partial charge in [-0.2, -0.15) is 0 Å². The number of ether oxygens (including phenoxy) is 1. The number of carbonyl (C=O) groups excluding carboxylic acids is 1. The molecule has 2 heterocycles. The van der Waals surface area contributed by atoms with E-state index in [1.807, 2.05) is 65.2 Å². The predicted octanol–water partition coefficient (Wildman–Crippen LogP) is 6.21. The molecule has 0 aliphatic carbocycles. The Kier molecular flexibility index (Phi) is 5.18. The second kappa shape index (κ2) is 7.91. The van der Waals surface area contributed by atoms with Crippen LogP contribution in [0.5, 0.6) is 5.75 Å². The van der Waals surface area contributed by atoms with Gasteiger partial charge in [-0.05, 0) is 47.9 Å². The average molecular weight is 390 g/mol. The van der Waals surface area contributed by atoms with Gasteiger partial charge >= 0.3 is 0 Å². The first-order chi connectivity index (χ1) is 13.7. The SMILES string of the molecule is CCc1ccc2cc(-c3ccc(OCc4ccccc4)cc3Cl)c(C=O)n2c1. The van der Waals surface area contributed by atoms with E-state index in [0.29, 0.717) is 23.1 Å². The molecule has 0 N–H and O–H groups in total. The lowest BCUT2D eigenvalue weighted by atomic mass is 10.1. The van der Waals surface area contributed by atoms with Crippen LogP contribution in [0.4, 0.5) is 0 Å². The van der Waals surface area contributed by atoms with Crippen LogP contribution in [0.3, 0.4) is 0 Å². The van der Waals surface area contributed by atoms with Crippen LogP contribution in [0.25, 0.3) is 16.6 Å². The van der Waals surface area contributed by atoms with E-state index >= 15 is 0 Å². The number of fused-ring (bicyclic) bond motifs is 1. The Balaban J connectivity index is 1.67. The molecular weight excluding hydrogens is 370 g/mol. The summed E-state index contributed by atoms with van der Waals surface area (Å²) in [6.45, 7) is 2.57. The molecule has 0 unspecified atom stereocenters. The fourth-order valence-electron chi connectivity index (χ4n) is 3.32. The number of aromatic nitrogens is 1. The molecule has 4 heteroatoms. The Morgan fingerprint density at radius 3 is 2.50 bits per heavy atom. The van der Waals surface area contributed by atoms with Crippen LogP contribution in [0, 0.1) is 0 Å². The summed E-state index contributed by atoms with van der Waals surface area (Å²) in [5, 5.41) is 0.556. The number of hydrogen-bond donors (Lipinski definition) is 0. The lowest BCUT2D eigenvalue weighted by molar-refractivity contribution is 0.111. The Labute approximate surface area is 169 Å². The minimum atomic E-state index is 0.478. The van der Waals surface area contributed by atoms with Crippen molar-refractivity contribution in [3.05, 3.63) is 94.8 Å². The molecule has 0 saturated carbocycles. The largest absolute Gasteiger partial charge is 0.489 e. The van der Waals surface area contributed by atoms with Crippen molar-refractivity contribution < 1.29 is 9.53 Å². The Morgan fingerprint density at radius 2 is 1.79 bits per heavy atom. The third-order valence-electron chi connectivity index (χ3n) is 4.87. The predicted molar refractivity (Wildman–Crippen MR) is 113 cm³/mol. The summed E-state index contributed by atoms with van der Waals surface area (Å²) in [6, 6.07) is 21.7. The Bertz CT molecular complexity index is 1130. The second-order valence-corrected chi connectivity index (χ2v) is 7.07. The number of hydrogen-bond acceptors (Lipinski definition) is 2. The minimum Gasteiger partial charge on any atom is -0.489 e. The number of aldehydes is 1. The first-order valence-corrected chi connectivity index (χ1v) is 9.63. The summed E-state index contributed by atoms with van der Waals surface area (Å²) in [5.41, 5.74) is 5.48. The number of benzene rings is 2. The lowest BCUT2D eigenvalue weighted by Crippen LogP contribution is -1.96. The van der Waals surface area contributed by atoms with Gasteiger partial charge < -0.3 is 9.14 Å². The van der Waals surface area contributed by atoms with Gasteiger partial charge in [0.15, 0.2) is 6.29 Å². The highest BCUT2D eigenvalue weighted by Gasteiger charge is 2.15. The molecule has 0 atom stereocenters. The van der Waals surface area contributed by atoms with Crippen LogP contribution < -0.4 is 4.74 Å². The molecule has 0 bridgehead atoms. The summed E-state index contributed by atoms with van der Waals surface area (Å²) in [4.78, 5) is 11.8. The molecular formula is C24H20ClNO2. The fraction of sp³-hybridized carbons (Fsp3) is 0.125. The van der Waals surface area contributed by atoms with Gasteiger partial charge in [-0.3, -0.25) is 4.79 Å². The van der Waals surface area contributed by atoms with E-state index in [1.165, 1.54) is 5.56 Å². The highest BCUT2D eigenvalue weighted by Crippen LogP contribution is 2.35. The molecule has 0 saturated heterocycles. The van der Waals surface area contributed by atoms with Gasteiger partial charge in [0.2, 0.25) is 0 Å². The van der Waals surface area contributed by atoms with Gasteiger partial charge in [0.05, 0.1) is 10.7 Å². The second-order valence-electron chi connectivity index (χ2n) is 6.66. The zero-order chi connectivity index (χ0) is 19.5. The number of pyridine rings is 1. The molecule has 2 aromatic heterocycles. The molecule has 0 amide bonds. The number of nitrogens with zero attached hydrogens (tertiary/aromatic N) is 1. The summed E-state index contributed by atoms with van der Waals surface area (Å²) < 4.78 is 7.78. The maximum atomic E-state index is 11.8. The van der Waals surface area contributed by atoms with Gasteiger partial charge in [-0.1, -0.05) is 54.9 Å². The van der Waals surface area contributed by atoms with Crippen molar-refractivity contribution in [2.45, 2.75) is 20.0 Å². The van der Waals surface area contributed by atoms with Crippen LogP contribution in [0.1, 0.15) is 28.5 Å². The fourth-order valence-corrected chi connectivity index (χ4v) is 3.60. The Morgan fingerprint density at radius 1 is 0.964 bits per heavy atom. The molecule has 0 aliphatic heterocycles. The third kappa shape index (κ3) is 3.54. The van der Waals surface area contributed by atoms with Crippen molar-refractivity contribution in [2.75, 3.05) is 0 Å². The van der Waals surface area contributed by atoms with Crippen LogP contribution in [-0.4, -0.2) is 10.7 Å². The van der Waals surface area contributed by atoms with E-state index in [9.17, 15) is 4.79 Å². The molecule has 0 aliphatic rings. The van der Waals surface area contributed by atoms with Gasteiger partial charge in [-0.15, -0.1) is 0 Å². The molecule has 3 nitrogen and oxygen atoms in total. The van der Waals surface area contributed by atoms with Crippen LogP contribution >= 0.6 is 11.6 Å². The van der Waals surface area contributed by atoms with Crippen molar-refractivity contribution in [1.29, 1.82) is 0 Å². The van der Waals surface area contributed by atoms with Crippen molar-refractivity contribution in [1.82, 2.24) is 4.40 Å². The zero-order valence-corrected chi connectivity index (χ0v) is 16.3. The summed E-state index contributed by atoms with van der Waals surface area (Å²) in [7, 11) is 0. The molecule has 0 spiro atoms. The summed E-state index contributed by atoms with van der Waals surface area (Å²) >= 11 is 6.56. The first-order valence-electron chi connectivity index (χ1n) is 9.25. The average Bonchev–Trinajstić information content (AvgIpc) is 3.10. The van der Waals surface area contributed by atoms with E-state index in [0.717, 1.165) is 34.9 Å². The van der Waals surface area contributed by atoms with Crippen LogP contribution in [0.2, 0.25) is 5.02 Å². The van der Waals surface area contributed by atoms with E-state index in [1.54, 1.807) is 6.07 Å². The number of rotatable bonds is 6. The van der Waals surface area contributed by atoms with Crippen molar-refractivity contribution in [3.8, 4) is 16.9 Å². The monoisotopic (exact) mass is 389 g/mol. The lowest BCUT2D eigenvalue weighted by Gasteiger charge is -2.09. The maximum Gasteiger partial charge on any atom is 0.167 e. The molecule has 2 aromatic carbocycles. The highest BCUT2D eigenvalue weighted by atomic mass is 35.5. The van der Waals surface area contributed by atoms with Gasteiger partial charge in [0.25, 0.3) is 0 Å². The van der Waals surface area contributed by atoms with Crippen molar-refractivity contribution in [3.63, 3.8) is 0 Å². The first kappa shape index (κ1) is 18.3. The highest BCUT2D eigenvalue weighted by molar-refractivity contribution is 6.33. The van der Waals surface area contributed by atoms with Crippen LogP contribution in [0.15, 0.2) is 72.9 Å². The van der Waals surface area contributed by atoms with E-state index in [4.69, 9.17) is 16.3 Å².